The highest BCUT2D eigenvalue weighted by Crippen LogP contribution is 2.65. The van der Waals surface area contributed by atoms with E-state index in [1.54, 1.807) is 0 Å². The second-order valence-electron chi connectivity index (χ2n) is 19.1. The summed E-state index contributed by atoms with van der Waals surface area (Å²) < 4.78 is 13.4. The summed E-state index contributed by atoms with van der Waals surface area (Å²) in [5.41, 5.74) is 24.1. The maximum atomic E-state index is 6.73. The van der Waals surface area contributed by atoms with Crippen molar-refractivity contribution in [2.24, 2.45) is 0 Å². The first kappa shape index (κ1) is 36.9. The molecule has 0 atom stereocenters. The van der Waals surface area contributed by atoms with Crippen molar-refractivity contribution in [2.45, 2.75) is 24.7 Å². The first-order valence-electron chi connectivity index (χ1n) is 23.3. The number of furan rings is 2. The van der Waals surface area contributed by atoms with Crippen molar-refractivity contribution in [3.63, 3.8) is 0 Å². The lowest BCUT2D eigenvalue weighted by Crippen LogP contribution is -2.26. The predicted molar refractivity (Wildman–Crippen MR) is 275 cm³/mol. The van der Waals surface area contributed by atoms with E-state index < -0.39 is 5.41 Å². The van der Waals surface area contributed by atoms with E-state index in [9.17, 15) is 0 Å². The number of benzene rings is 10. The maximum absolute atomic E-state index is 6.73. The van der Waals surface area contributed by atoms with Crippen LogP contribution in [-0.2, 0) is 10.8 Å². The molecule has 0 radical (unpaired) electrons. The molecule has 12 aromatic rings. The lowest BCUT2D eigenvalue weighted by molar-refractivity contribution is 0.660. The molecule has 0 bridgehead atoms. The van der Waals surface area contributed by atoms with E-state index in [-0.39, 0.29) is 5.41 Å². The monoisotopic (exact) mass is 855 g/mol. The maximum Gasteiger partial charge on any atom is 0.136 e. The van der Waals surface area contributed by atoms with E-state index in [0.717, 1.165) is 66.5 Å². The lowest BCUT2D eigenvalue weighted by atomic mass is 9.70. The van der Waals surface area contributed by atoms with Gasteiger partial charge < -0.3 is 13.7 Å². The van der Waals surface area contributed by atoms with Crippen molar-refractivity contribution in [1.82, 2.24) is 0 Å². The number of hydrogen-bond donors (Lipinski definition) is 0. The van der Waals surface area contributed by atoms with Gasteiger partial charge in [0.2, 0.25) is 0 Å². The standard InChI is InChI=1S/C64H41NO2/c1-63(2)51-21-10-6-17-42(51)45-31-28-41(35-56(45)63)65(57-26-14-25-55-62(57)47-20-9-13-24-54(47)64(55)52-22-11-7-18-43(52)44-19-8-12-23-53(44)64)40-29-32-58-48(34-40)50-37-60-49(36-61(50)66-58)46-30-27-39(33-59(46)67-60)38-15-4-3-5-16-38/h3-37H,1-2H3. The molecular formula is C64H41NO2. The van der Waals surface area contributed by atoms with E-state index in [2.05, 4.69) is 225 Å². The average molecular weight is 856 g/mol. The van der Waals surface area contributed by atoms with Gasteiger partial charge in [-0.25, -0.2) is 0 Å². The van der Waals surface area contributed by atoms with Gasteiger partial charge in [-0.15, -0.1) is 0 Å². The van der Waals surface area contributed by atoms with Crippen LogP contribution in [0.15, 0.2) is 221 Å². The van der Waals surface area contributed by atoms with Crippen LogP contribution in [0.3, 0.4) is 0 Å². The third kappa shape index (κ3) is 4.80. The molecule has 0 N–H and O–H groups in total. The molecule has 0 saturated carbocycles. The second-order valence-corrected chi connectivity index (χ2v) is 19.1. The summed E-state index contributed by atoms with van der Waals surface area (Å²) in [6, 6.07) is 78.2. The minimum atomic E-state index is -0.465. The molecule has 2 aromatic heterocycles. The highest BCUT2D eigenvalue weighted by Gasteiger charge is 2.52. The zero-order valence-electron chi connectivity index (χ0n) is 37.0. The van der Waals surface area contributed by atoms with Crippen molar-refractivity contribution in [2.75, 3.05) is 4.90 Å². The van der Waals surface area contributed by atoms with Gasteiger partial charge in [0.1, 0.15) is 22.3 Å². The normalized spacial score (nSPS) is 14.4. The Hall–Kier alpha value is -8.40. The van der Waals surface area contributed by atoms with Gasteiger partial charge in [0.15, 0.2) is 0 Å². The quantitative estimate of drug-likeness (QED) is 0.177. The Kier molecular flexibility index (Phi) is 7.22. The lowest BCUT2D eigenvalue weighted by Gasteiger charge is -2.32. The fourth-order valence-corrected chi connectivity index (χ4v) is 12.6. The summed E-state index contributed by atoms with van der Waals surface area (Å²) in [5.74, 6) is 0. The first-order valence-corrected chi connectivity index (χ1v) is 23.3. The van der Waals surface area contributed by atoms with Gasteiger partial charge in [0.05, 0.1) is 11.1 Å². The molecule has 3 nitrogen and oxygen atoms in total. The van der Waals surface area contributed by atoms with E-state index in [0.29, 0.717) is 0 Å². The van der Waals surface area contributed by atoms with Gasteiger partial charge in [-0.2, -0.15) is 0 Å². The largest absolute Gasteiger partial charge is 0.456 e. The molecule has 67 heavy (non-hydrogen) atoms. The van der Waals surface area contributed by atoms with Crippen LogP contribution in [-0.4, -0.2) is 0 Å². The fraction of sp³-hybridized carbons (Fsp3) is 0.0625. The number of rotatable bonds is 4. The van der Waals surface area contributed by atoms with E-state index >= 15 is 0 Å². The van der Waals surface area contributed by atoms with Crippen LogP contribution in [0.4, 0.5) is 17.1 Å². The van der Waals surface area contributed by atoms with Crippen molar-refractivity contribution in [3.05, 3.63) is 246 Å². The van der Waals surface area contributed by atoms with Gasteiger partial charge in [-0.3, -0.25) is 0 Å². The molecule has 0 saturated heterocycles. The Balaban J connectivity index is 0.976. The molecular weight excluding hydrogens is 815 g/mol. The minimum Gasteiger partial charge on any atom is -0.456 e. The molecule has 1 spiro atoms. The molecule has 0 fully saturated rings. The molecule has 314 valence electrons. The molecule has 2 heterocycles. The van der Waals surface area contributed by atoms with E-state index in [1.807, 2.05) is 6.07 Å². The number of hydrogen-bond acceptors (Lipinski definition) is 3. The zero-order chi connectivity index (χ0) is 44.2. The summed E-state index contributed by atoms with van der Waals surface area (Å²) in [5, 5.41) is 4.20. The van der Waals surface area contributed by atoms with Gasteiger partial charge >= 0.3 is 0 Å². The summed E-state index contributed by atoms with van der Waals surface area (Å²) in [6.07, 6.45) is 0. The third-order valence-electron chi connectivity index (χ3n) is 15.5. The predicted octanol–water partition coefficient (Wildman–Crippen LogP) is 17.3. The Morgan fingerprint density at radius 3 is 1.58 bits per heavy atom. The third-order valence-corrected chi connectivity index (χ3v) is 15.5. The highest BCUT2D eigenvalue weighted by molar-refractivity contribution is 6.16. The average Bonchev–Trinajstić information content (AvgIpc) is 4.14. The topological polar surface area (TPSA) is 29.5 Å². The van der Waals surface area contributed by atoms with Crippen LogP contribution >= 0.6 is 0 Å². The Labute approximate surface area is 387 Å². The van der Waals surface area contributed by atoms with Crippen LogP contribution in [0.25, 0.3) is 88.4 Å². The van der Waals surface area contributed by atoms with Crippen molar-refractivity contribution >= 4 is 60.9 Å². The van der Waals surface area contributed by atoms with Crippen molar-refractivity contribution in [3.8, 4) is 44.5 Å². The molecule has 0 amide bonds. The molecule has 0 unspecified atom stereocenters. The molecule has 3 aliphatic carbocycles. The van der Waals surface area contributed by atoms with E-state index in [4.69, 9.17) is 8.83 Å². The van der Waals surface area contributed by atoms with Crippen LogP contribution in [0, 0.1) is 0 Å². The number of fused-ring (bicyclic) bond motifs is 19. The summed E-state index contributed by atoms with van der Waals surface area (Å²) >= 11 is 0. The first-order chi connectivity index (χ1) is 33.0. The van der Waals surface area contributed by atoms with Gasteiger partial charge in [-0.05, 0) is 133 Å². The van der Waals surface area contributed by atoms with Gasteiger partial charge in [0.25, 0.3) is 0 Å². The zero-order valence-corrected chi connectivity index (χ0v) is 37.0. The van der Waals surface area contributed by atoms with Crippen LogP contribution in [0.1, 0.15) is 47.2 Å². The molecule has 15 rings (SSSR count). The second kappa shape index (κ2) is 13.1. The molecule has 10 aromatic carbocycles. The van der Waals surface area contributed by atoms with Crippen LogP contribution < -0.4 is 4.90 Å². The van der Waals surface area contributed by atoms with Gasteiger partial charge in [-0.1, -0.05) is 166 Å². The fourth-order valence-electron chi connectivity index (χ4n) is 12.6. The van der Waals surface area contributed by atoms with Crippen LogP contribution in [0.5, 0.6) is 0 Å². The molecule has 3 heteroatoms. The molecule has 3 aliphatic rings. The highest BCUT2D eigenvalue weighted by atomic mass is 16.3. The molecule has 0 aliphatic heterocycles. The number of nitrogens with zero attached hydrogens (tertiary/aromatic N) is 1. The summed E-state index contributed by atoms with van der Waals surface area (Å²) in [4.78, 5) is 2.50. The van der Waals surface area contributed by atoms with Crippen LogP contribution in [0.2, 0.25) is 0 Å². The SMILES string of the molecule is CC1(C)c2ccccc2-c2ccc(N(c3ccc4oc5cc6c(cc5c4c3)oc3cc(-c4ccccc4)ccc36)c3cccc4c3-c3ccccc3C43c4ccccc4-c4ccccc43)cc21. The van der Waals surface area contributed by atoms with Gasteiger partial charge in [0, 0.05) is 43.9 Å². The Morgan fingerprint density at radius 1 is 0.328 bits per heavy atom. The summed E-state index contributed by atoms with van der Waals surface area (Å²) in [7, 11) is 0. The summed E-state index contributed by atoms with van der Waals surface area (Å²) in [6.45, 7) is 4.73. The van der Waals surface area contributed by atoms with Crippen molar-refractivity contribution in [1.29, 1.82) is 0 Å². The van der Waals surface area contributed by atoms with Crippen molar-refractivity contribution < 1.29 is 8.83 Å². The minimum absolute atomic E-state index is 0.176. The smallest absolute Gasteiger partial charge is 0.136 e. The van der Waals surface area contributed by atoms with E-state index in [1.165, 1.54) is 72.3 Å². The Bertz CT molecular complexity index is 4040. The number of anilines is 3. The Morgan fingerprint density at radius 2 is 0.851 bits per heavy atom.